The fourth-order valence-electron chi connectivity index (χ4n) is 5.93. The van der Waals surface area contributed by atoms with E-state index < -0.39 is 0 Å². The predicted molar refractivity (Wildman–Crippen MR) is 152 cm³/mol. The molecule has 0 radical (unpaired) electrons. The lowest BCUT2D eigenvalue weighted by atomic mass is 10.0. The number of hydrogen-bond acceptors (Lipinski definition) is 5. The van der Waals surface area contributed by atoms with Gasteiger partial charge in [-0.1, -0.05) is 38.1 Å². The van der Waals surface area contributed by atoms with Gasteiger partial charge in [0, 0.05) is 51.1 Å². The first-order valence-electron chi connectivity index (χ1n) is 14.8. The maximum absolute atomic E-state index is 14.0. The number of hydrogen-bond donors (Lipinski definition) is 0. The van der Waals surface area contributed by atoms with Crippen LogP contribution in [0.3, 0.4) is 0 Å². The van der Waals surface area contributed by atoms with Crippen LogP contribution >= 0.6 is 0 Å². The fraction of sp³-hybridized carbons (Fsp3) is 0.562. The Labute approximate surface area is 232 Å². The molecule has 7 nitrogen and oxygen atoms in total. The molecule has 2 aliphatic heterocycles. The average Bonchev–Trinajstić information content (AvgIpc) is 3.55. The third-order valence-electron chi connectivity index (χ3n) is 8.48. The number of aromatic nitrogens is 2. The number of carbonyl (C=O) groups excluding carboxylic acids is 1. The molecule has 2 saturated heterocycles. The van der Waals surface area contributed by atoms with E-state index in [4.69, 9.17) is 14.5 Å². The number of likely N-dealkylation sites (tertiary alicyclic amines) is 1. The Hall–Kier alpha value is -2.74. The van der Waals surface area contributed by atoms with E-state index in [9.17, 15) is 4.79 Å². The van der Waals surface area contributed by atoms with Crippen LogP contribution in [0.2, 0.25) is 0 Å². The van der Waals surface area contributed by atoms with Crippen molar-refractivity contribution in [2.75, 3.05) is 32.8 Å². The van der Waals surface area contributed by atoms with Crippen LogP contribution in [0.15, 0.2) is 48.5 Å². The van der Waals surface area contributed by atoms with Gasteiger partial charge in [0.15, 0.2) is 5.79 Å². The molecular weight excluding hydrogens is 488 g/mol. The largest absolute Gasteiger partial charge is 0.347 e. The minimum atomic E-state index is -0.360. The molecule has 3 heterocycles. The van der Waals surface area contributed by atoms with Crippen LogP contribution < -0.4 is 0 Å². The van der Waals surface area contributed by atoms with Crippen LogP contribution in [0.1, 0.15) is 67.7 Å². The summed E-state index contributed by atoms with van der Waals surface area (Å²) in [5, 5.41) is 0. The van der Waals surface area contributed by atoms with Gasteiger partial charge >= 0.3 is 0 Å². The van der Waals surface area contributed by atoms with Gasteiger partial charge < -0.3 is 18.9 Å². The Bertz CT molecular complexity index is 1280. The predicted octanol–water partition coefficient (Wildman–Crippen LogP) is 5.47. The van der Waals surface area contributed by atoms with Gasteiger partial charge in [-0.3, -0.25) is 9.69 Å². The molecule has 1 aromatic heterocycles. The number of nitrogens with zero attached hydrogens (tertiary/aromatic N) is 4. The summed E-state index contributed by atoms with van der Waals surface area (Å²) in [6, 6.07) is 16.6. The van der Waals surface area contributed by atoms with Crippen molar-refractivity contribution in [3.8, 4) is 0 Å². The van der Waals surface area contributed by atoms with E-state index in [0.29, 0.717) is 25.7 Å². The fourth-order valence-corrected chi connectivity index (χ4v) is 5.93. The van der Waals surface area contributed by atoms with Crippen LogP contribution in [-0.2, 0) is 29.1 Å². The quantitative estimate of drug-likeness (QED) is 0.348. The van der Waals surface area contributed by atoms with E-state index in [1.54, 1.807) is 0 Å². The Kier molecular flexibility index (Phi) is 7.74. The minimum Gasteiger partial charge on any atom is -0.347 e. The van der Waals surface area contributed by atoms with E-state index in [0.717, 1.165) is 74.8 Å². The van der Waals surface area contributed by atoms with E-state index >= 15 is 0 Å². The second-order valence-corrected chi connectivity index (χ2v) is 12.1. The van der Waals surface area contributed by atoms with Crippen molar-refractivity contribution < 1.29 is 14.3 Å². The number of imidazole rings is 1. The zero-order chi connectivity index (χ0) is 26.8. The van der Waals surface area contributed by atoms with Gasteiger partial charge in [-0.25, -0.2) is 4.98 Å². The zero-order valence-corrected chi connectivity index (χ0v) is 23.5. The first-order chi connectivity index (χ1) is 19.0. The highest BCUT2D eigenvalue weighted by atomic mass is 16.7. The number of amides is 1. The van der Waals surface area contributed by atoms with Crippen molar-refractivity contribution in [1.29, 1.82) is 0 Å². The van der Waals surface area contributed by atoms with Crippen molar-refractivity contribution in [2.24, 2.45) is 11.8 Å². The molecule has 2 aromatic carbocycles. The van der Waals surface area contributed by atoms with E-state index in [1.165, 1.54) is 23.9 Å². The lowest BCUT2D eigenvalue weighted by molar-refractivity contribution is -0.185. The molecule has 3 fully saturated rings. The molecular formula is C32H42N4O3. The highest BCUT2D eigenvalue weighted by molar-refractivity contribution is 5.94. The van der Waals surface area contributed by atoms with Crippen LogP contribution in [0.5, 0.6) is 0 Å². The SMILES string of the molecule is CC(C)CCN(Cc1nc2ccccc2n1CC1CC1)C(=O)c1cccc(CN2CCC3(CC2)OCCO3)c1. The van der Waals surface area contributed by atoms with Crippen LogP contribution in [0, 0.1) is 11.8 Å². The van der Waals surface area contributed by atoms with Gasteiger partial charge in [0.1, 0.15) is 5.82 Å². The summed E-state index contributed by atoms with van der Waals surface area (Å²) < 4.78 is 14.1. The van der Waals surface area contributed by atoms with Crippen molar-refractivity contribution in [1.82, 2.24) is 19.4 Å². The lowest BCUT2D eigenvalue weighted by Gasteiger charge is -2.37. The van der Waals surface area contributed by atoms with Crippen molar-refractivity contribution in [2.45, 2.75) is 71.4 Å². The maximum Gasteiger partial charge on any atom is 0.254 e. The van der Waals surface area contributed by atoms with E-state index in [1.807, 2.05) is 23.1 Å². The highest BCUT2D eigenvalue weighted by Gasteiger charge is 2.39. The molecule has 3 aliphatic rings. The monoisotopic (exact) mass is 530 g/mol. The Morgan fingerprint density at radius 1 is 1.08 bits per heavy atom. The van der Waals surface area contributed by atoms with Crippen molar-refractivity contribution in [3.63, 3.8) is 0 Å². The minimum absolute atomic E-state index is 0.0906. The summed E-state index contributed by atoms with van der Waals surface area (Å²) in [5.41, 5.74) is 4.13. The second kappa shape index (κ2) is 11.4. The molecule has 3 aromatic rings. The van der Waals surface area contributed by atoms with Crippen molar-refractivity contribution in [3.05, 3.63) is 65.5 Å². The molecule has 208 valence electrons. The van der Waals surface area contributed by atoms with Crippen LogP contribution in [0.4, 0.5) is 0 Å². The first-order valence-corrected chi connectivity index (χ1v) is 14.8. The molecule has 7 heteroatoms. The number of ether oxygens (including phenoxy) is 2. The molecule has 0 bridgehead atoms. The van der Waals surface area contributed by atoms with E-state index in [2.05, 4.69) is 53.6 Å². The number of para-hydroxylation sites is 2. The molecule has 0 unspecified atom stereocenters. The van der Waals surface area contributed by atoms with Crippen molar-refractivity contribution >= 4 is 16.9 Å². The summed E-state index contributed by atoms with van der Waals surface area (Å²) >= 11 is 0. The first kappa shape index (κ1) is 26.5. The molecule has 6 rings (SSSR count). The summed E-state index contributed by atoms with van der Waals surface area (Å²) in [7, 11) is 0. The number of carbonyl (C=O) groups is 1. The molecule has 1 spiro atoms. The summed E-state index contributed by atoms with van der Waals surface area (Å²) in [4.78, 5) is 23.4. The molecule has 39 heavy (non-hydrogen) atoms. The average molecular weight is 531 g/mol. The van der Waals surface area contributed by atoms with Gasteiger partial charge in [0.25, 0.3) is 5.91 Å². The molecule has 1 saturated carbocycles. The van der Waals surface area contributed by atoms with E-state index in [-0.39, 0.29) is 11.7 Å². The van der Waals surface area contributed by atoms with Gasteiger partial charge in [0.2, 0.25) is 0 Å². The molecule has 0 atom stereocenters. The summed E-state index contributed by atoms with van der Waals surface area (Å²) in [6.07, 6.45) is 5.33. The standard InChI is InChI=1S/C32H42N4O3/c1-24(2)12-15-35(23-30-33-28-8-3-4-9-29(28)36(30)22-25-10-11-25)31(37)27-7-5-6-26(20-27)21-34-16-13-32(14-17-34)38-18-19-39-32/h3-9,20,24-25H,10-19,21-23H2,1-2H3. The lowest BCUT2D eigenvalue weighted by Crippen LogP contribution is -2.44. The third-order valence-corrected chi connectivity index (χ3v) is 8.48. The third kappa shape index (κ3) is 6.21. The Morgan fingerprint density at radius 3 is 2.59 bits per heavy atom. The summed E-state index contributed by atoms with van der Waals surface area (Å²) in [6.45, 7) is 10.8. The van der Waals surface area contributed by atoms with Gasteiger partial charge in [-0.15, -0.1) is 0 Å². The number of piperidine rings is 1. The number of benzene rings is 2. The van der Waals surface area contributed by atoms with Crippen LogP contribution in [0.25, 0.3) is 11.0 Å². The number of rotatable bonds is 10. The molecule has 1 amide bonds. The Morgan fingerprint density at radius 2 is 1.85 bits per heavy atom. The van der Waals surface area contributed by atoms with Gasteiger partial charge in [-0.05, 0) is 60.9 Å². The second-order valence-electron chi connectivity index (χ2n) is 12.1. The van der Waals surface area contributed by atoms with Gasteiger partial charge in [0.05, 0.1) is 30.8 Å². The molecule has 0 N–H and O–H groups in total. The Balaban J connectivity index is 1.19. The van der Waals surface area contributed by atoms with Gasteiger partial charge in [-0.2, -0.15) is 0 Å². The smallest absolute Gasteiger partial charge is 0.254 e. The normalized spacial score (nSPS) is 19.4. The van der Waals surface area contributed by atoms with Crippen LogP contribution in [-0.4, -0.2) is 63.9 Å². The molecule has 1 aliphatic carbocycles. The number of fused-ring (bicyclic) bond motifs is 1. The topological polar surface area (TPSA) is 59.8 Å². The maximum atomic E-state index is 14.0. The zero-order valence-electron chi connectivity index (χ0n) is 23.5. The highest BCUT2D eigenvalue weighted by Crippen LogP contribution is 2.33. The summed E-state index contributed by atoms with van der Waals surface area (Å²) in [5.74, 6) is 1.98.